The van der Waals surface area contributed by atoms with Crippen molar-refractivity contribution in [1.29, 1.82) is 0 Å². The van der Waals surface area contributed by atoms with Crippen LogP contribution in [0.15, 0.2) is 30.3 Å². The van der Waals surface area contributed by atoms with Crippen molar-refractivity contribution in [1.82, 2.24) is 0 Å². The molecule has 0 saturated carbocycles. The molecule has 1 heterocycles. The Kier molecular flexibility index (Phi) is 2.66. The minimum Gasteiger partial charge on any atom is -0.407 e. The van der Waals surface area contributed by atoms with E-state index in [0.29, 0.717) is 5.92 Å². The van der Waals surface area contributed by atoms with Crippen LogP contribution in [0.25, 0.3) is 0 Å². The highest BCUT2D eigenvalue weighted by Gasteiger charge is 2.26. The third-order valence-corrected chi connectivity index (χ3v) is 2.14. The molecule has 3 heteroatoms. The molecule has 1 aliphatic rings. The summed E-state index contributed by atoms with van der Waals surface area (Å²) in [5.74, 6) is 0.514. The lowest BCUT2D eigenvalue weighted by atomic mass is 9.78. The Labute approximate surface area is 79.0 Å². The van der Waals surface area contributed by atoms with Crippen LogP contribution in [0.4, 0.5) is 0 Å². The molecule has 0 bridgehead atoms. The van der Waals surface area contributed by atoms with Crippen molar-refractivity contribution in [3.8, 4) is 0 Å². The fraction of sp³-hybridized carbons (Fsp3) is 0.400. The lowest BCUT2D eigenvalue weighted by Gasteiger charge is -2.24. The summed E-state index contributed by atoms with van der Waals surface area (Å²) >= 11 is 0. The van der Waals surface area contributed by atoms with E-state index >= 15 is 0 Å². The van der Waals surface area contributed by atoms with Crippen LogP contribution in [0, 0.1) is 5.92 Å². The maximum Gasteiger partial charge on any atom is 0.493 e. The number of benzene rings is 1. The Morgan fingerprint density at radius 3 is 2.38 bits per heavy atom. The fourth-order valence-electron chi connectivity index (χ4n) is 1.40. The molecule has 13 heavy (non-hydrogen) atoms. The average Bonchev–Trinajstić information content (AvgIpc) is 2.20. The van der Waals surface area contributed by atoms with E-state index in [1.165, 1.54) is 0 Å². The van der Waals surface area contributed by atoms with Gasteiger partial charge in [-0.3, -0.25) is 0 Å². The highest BCUT2D eigenvalue weighted by atomic mass is 16.6. The highest BCUT2D eigenvalue weighted by Crippen LogP contribution is 2.07. The first-order valence-electron chi connectivity index (χ1n) is 4.64. The largest absolute Gasteiger partial charge is 0.493 e. The summed E-state index contributed by atoms with van der Waals surface area (Å²) in [5.41, 5.74) is 1.11. The molecule has 0 amide bonds. The first-order chi connectivity index (χ1) is 6.36. The Morgan fingerprint density at radius 2 is 1.77 bits per heavy atom. The second-order valence-corrected chi connectivity index (χ2v) is 3.51. The van der Waals surface area contributed by atoms with E-state index in [0.717, 1.165) is 18.7 Å². The molecule has 0 radical (unpaired) electrons. The maximum atomic E-state index is 5.55. The lowest BCUT2D eigenvalue weighted by molar-refractivity contribution is 0.0958. The summed E-state index contributed by atoms with van der Waals surface area (Å²) in [6, 6.07) is 10.1. The number of hydrogen-bond donors (Lipinski definition) is 0. The molecule has 0 spiro atoms. The van der Waals surface area contributed by atoms with Crippen LogP contribution in [-0.4, -0.2) is 20.3 Å². The van der Waals surface area contributed by atoms with Crippen molar-refractivity contribution in [3.05, 3.63) is 30.3 Å². The molecule has 2 rings (SSSR count). The number of rotatable bonds is 1. The van der Waals surface area contributed by atoms with Crippen molar-refractivity contribution in [2.75, 3.05) is 13.2 Å². The fourth-order valence-corrected chi connectivity index (χ4v) is 1.40. The van der Waals surface area contributed by atoms with Crippen molar-refractivity contribution >= 4 is 12.6 Å². The van der Waals surface area contributed by atoms with Gasteiger partial charge in [0.2, 0.25) is 0 Å². The predicted octanol–water partition coefficient (Wildman–Crippen LogP) is 1.06. The summed E-state index contributed by atoms with van der Waals surface area (Å²) in [5, 5.41) is 0. The first kappa shape index (κ1) is 8.79. The quantitative estimate of drug-likeness (QED) is 0.595. The molecule has 0 aliphatic carbocycles. The molecule has 0 N–H and O–H groups in total. The molecule has 1 fully saturated rings. The van der Waals surface area contributed by atoms with Gasteiger partial charge in [0.25, 0.3) is 0 Å². The summed E-state index contributed by atoms with van der Waals surface area (Å²) < 4.78 is 11.1. The molecule has 0 atom stereocenters. The zero-order valence-electron chi connectivity index (χ0n) is 7.77. The normalized spacial score (nSPS) is 19.0. The molecule has 68 valence electrons. The Balaban J connectivity index is 2.03. The maximum absolute atomic E-state index is 5.55. The van der Waals surface area contributed by atoms with Crippen LogP contribution >= 0.6 is 0 Å². The summed E-state index contributed by atoms with van der Waals surface area (Å²) in [7, 11) is -0.155. The molecular formula is C10H13BO2. The van der Waals surface area contributed by atoms with Gasteiger partial charge in [-0.05, 0) is 11.4 Å². The second-order valence-electron chi connectivity index (χ2n) is 3.51. The number of hydrogen-bond acceptors (Lipinski definition) is 2. The van der Waals surface area contributed by atoms with Crippen LogP contribution in [0.3, 0.4) is 0 Å². The standard InChI is InChI=1S/C10H13BO2/c1-9-7-12-11(13-8-9)10-5-3-2-4-6-10/h2-6,9H,7-8H2,1H3. The van der Waals surface area contributed by atoms with Crippen molar-refractivity contribution < 1.29 is 9.31 Å². The van der Waals surface area contributed by atoms with Gasteiger partial charge in [0, 0.05) is 13.2 Å². The topological polar surface area (TPSA) is 18.5 Å². The van der Waals surface area contributed by atoms with Crippen LogP contribution in [0.2, 0.25) is 0 Å². The molecule has 2 nitrogen and oxygen atoms in total. The second kappa shape index (κ2) is 3.94. The molecule has 1 aliphatic heterocycles. The molecule has 0 aromatic heterocycles. The molecule has 1 aromatic carbocycles. The summed E-state index contributed by atoms with van der Waals surface area (Å²) in [6.07, 6.45) is 0. The monoisotopic (exact) mass is 176 g/mol. The van der Waals surface area contributed by atoms with E-state index in [1.54, 1.807) is 0 Å². The smallest absolute Gasteiger partial charge is 0.407 e. The van der Waals surface area contributed by atoms with Crippen LogP contribution in [0.1, 0.15) is 6.92 Å². The van der Waals surface area contributed by atoms with Crippen molar-refractivity contribution in [2.24, 2.45) is 5.92 Å². The third kappa shape index (κ3) is 2.11. The highest BCUT2D eigenvalue weighted by molar-refractivity contribution is 6.61. The lowest BCUT2D eigenvalue weighted by Crippen LogP contribution is -2.43. The van der Waals surface area contributed by atoms with E-state index in [1.807, 2.05) is 30.3 Å². The van der Waals surface area contributed by atoms with Gasteiger partial charge in [0.1, 0.15) is 0 Å². The molecule has 1 saturated heterocycles. The van der Waals surface area contributed by atoms with Gasteiger partial charge in [-0.25, -0.2) is 0 Å². The van der Waals surface area contributed by atoms with E-state index in [-0.39, 0.29) is 7.12 Å². The van der Waals surface area contributed by atoms with E-state index in [2.05, 4.69) is 6.92 Å². The van der Waals surface area contributed by atoms with Crippen molar-refractivity contribution in [2.45, 2.75) is 6.92 Å². The zero-order valence-corrected chi connectivity index (χ0v) is 7.77. The van der Waals surface area contributed by atoms with Crippen LogP contribution in [-0.2, 0) is 9.31 Å². The van der Waals surface area contributed by atoms with E-state index < -0.39 is 0 Å². The minimum absolute atomic E-state index is 0.155. The molecular weight excluding hydrogens is 163 g/mol. The van der Waals surface area contributed by atoms with Crippen LogP contribution in [0.5, 0.6) is 0 Å². The first-order valence-corrected chi connectivity index (χ1v) is 4.64. The van der Waals surface area contributed by atoms with Gasteiger partial charge in [0.15, 0.2) is 0 Å². The zero-order chi connectivity index (χ0) is 9.10. The van der Waals surface area contributed by atoms with E-state index in [4.69, 9.17) is 9.31 Å². The van der Waals surface area contributed by atoms with Crippen molar-refractivity contribution in [3.63, 3.8) is 0 Å². The average molecular weight is 176 g/mol. The summed E-state index contributed by atoms with van der Waals surface area (Å²) in [6.45, 7) is 3.71. The van der Waals surface area contributed by atoms with E-state index in [9.17, 15) is 0 Å². The molecule has 1 aromatic rings. The van der Waals surface area contributed by atoms with Crippen LogP contribution < -0.4 is 5.46 Å². The van der Waals surface area contributed by atoms with Gasteiger partial charge < -0.3 is 9.31 Å². The van der Waals surface area contributed by atoms with Gasteiger partial charge in [-0.1, -0.05) is 37.3 Å². The third-order valence-electron chi connectivity index (χ3n) is 2.14. The Hall–Kier alpha value is -0.795. The van der Waals surface area contributed by atoms with Gasteiger partial charge in [0.05, 0.1) is 0 Å². The SMILES string of the molecule is CC1COB(c2ccccc2)OC1. The van der Waals surface area contributed by atoms with Gasteiger partial charge in [-0.2, -0.15) is 0 Å². The summed E-state index contributed by atoms with van der Waals surface area (Å²) in [4.78, 5) is 0. The Bertz CT molecular complexity index is 255. The van der Waals surface area contributed by atoms with Gasteiger partial charge in [-0.15, -0.1) is 0 Å². The Morgan fingerprint density at radius 1 is 1.15 bits per heavy atom. The van der Waals surface area contributed by atoms with Gasteiger partial charge >= 0.3 is 7.12 Å². The predicted molar refractivity (Wildman–Crippen MR) is 52.9 cm³/mol. The molecule has 0 unspecified atom stereocenters. The minimum atomic E-state index is -0.155.